The highest BCUT2D eigenvalue weighted by Gasteiger charge is 2.57. The molecule has 3 aliphatic heterocycles. The number of anilines is 1. The van der Waals surface area contributed by atoms with Crippen LogP contribution in [0.15, 0.2) is 44.7 Å². The maximum atomic E-state index is 16.3. The van der Waals surface area contributed by atoms with Crippen LogP contribution < -0.4 is 21.4 Å². The number of carboxylic acid groups (broad SMARTS) is 2. The number of carbonyl (C=O) groups excluding carboxylic acids is 1. The van der Waals surface area contributed by atoms with Gasteiger partial charge in [0.05, 0.1) is 28.0 Å². The van der Waals surface area contributed by atoms with E-state index in [0.29, 0.717) is 23.9 Å². The predicted molar refractivity (Wildman–Crippen MR) is 171 cm³/mol. The summed E-state index contributed by atoms with van der Waals surface area (Å²) < 4.78 is 46.2. The minimum atomic E-state index is -1.65. The SMILES string of the molecule is C[C@@H](O)[C@H]1C(=O)N2C(C(=O)O)=C(CNCCSc3c(F)c(N4CC[C@H](N)C4)nc4c3c(=O)c(C(=O)O)cn4-c3ccc(F)cc3F)S[C@H]12. The second-order valence-corrected chi connectivity index (χ2v) is 13.8. The number of amides is 1. The summed E-state index contributed by atoms with van der Waals surface area (Å²) in [6.45, 7) is 2.21. The second-order valence-electron chi connectivity index (χ2n) is 11.5. The van der Waals surface area contributed by atoms with Gasteiger partial charge in [-0.3, -0.25) is 19.1 Å². The van der Waals surface area contributed by atoms with Crippen LogP contribution in [-0.4, -0.2) is 97.1 Å². The number of nitrogens with two attached hydrogens (primary N) is 1. The number of halogens is 3. The van der Waals surface area contributed by atoms with Crippen molar-refractivity contribution < 1.29 is 42.9 Å². The molecular formula is C30H29F3N6O7S2. The number of aliphatic hydroxyl groups is 1. The van der Waals surface area contributed by atoms with E-state index in [4.69, 9.17) is 5.73 Å². The number of pyridine rings is 2. The van der Waals surface area contributed by atoms with Crippen molar-refractivity contribution in [2.24, 2.45) is 11.7 Å². The highest BCUT2D eigenvalue weighted by atomic mass is 32.2. The van der Waals surface area contributed by atoms with Crippen molar-refractivity contribution in [3.8, 4) is 5.69 Å². The quantitative estimate of drug-likeness (QED) is 0.111. The van der Waals surface area contributed by atoms with Gasteiger partial charge in [0.2, 0.25) is 11.3 Å². The normalized spacial score (nSPS) is 21.2. The Morgan fingerprint density at radius 2 is 1.96 bits per heavy atom. The number of benzene rings is 1. The number of β-lactam (4-membered cyclic amide) rings is 1. The minimum Gasteiger partial charge on any atom is -0.477 e. The van der Waals surface area contributed by atoms with Crippen molar-refractivity contribution in [2.75, 3.05) is 36.8 Å². The van der Waals surface area contributed by atoms with Crippen molar-refractivity contribution >= 4 is 58.2 Å². The summed E-state index contributed by atoms with van der Waals surface area (Å²) in [5.74, 6) is -7.10. The van der Waals surface area contributed by atoms with E-state index in [1.807, 2.05) is 0 Å². The molecule has 0 bridgehead atoms. The van der Waals surface area contributed by atoms with Crippen LogP contribution in [0.5, 0.6) is 0 Å². The number of nitrogens with one attached hydrogen (secondary N) is 1. The average molecular weight is 707 g/mol. The Hall–Kier alpha value is -4.10. The summed E-state index contributed by atoms with van der Waals surface area (Å²) in [6, 6.07) is 2.30. The van der Waals surface area contributed by atoms with Gasteiger partial charge >= 0.3 is 11.9 Å². The lowest BCUT2D eigenvalue weighted by molar-refractivity contribution is -0.156. The Bertz CT molecular complexity index is 1960. The summed E-state index contributed by atoms with van der Waals surface area (Å²) in [7, 11) is 0. The first-order valence-electron chi connectivity index (χ1n) is 14.8. The number of aliphatic hydroxyl groups excluding tert-OH is 1. The van der Waals surface area contributed by atoms with Gasteiger partial charge in [0.1, 0.15) is 28.3 Å². The van der Waals surface area contributed by atoms with E-state index < -0.39 is 69.1 Å². The summed E-state index contributed by atoms with van der Waals surface area (Å²) in [4.78, 5) is 57.3. The summed E-state index contributed by atoms with van der Waals surface area (Å²) in [5, 5.41) is 31.6. The van der Waals surface area contributed by atoms with E-state index in [1.54, 1.807) is 4.90 Å². The molecule has 0 spiro atoms. The van der Waals surface area contributed by atoms with E-state index in [2.05, 4.69) is 10.3 Å². The van der Waals surface area contributed by atoms with Crippen LogP contribution in [0.25, 0.3) is 16.7 Å². The van der Waals surface area contributed by atoms with Crippen LogP contribution in [0.4, 0.5) is 19.0 Å². The van der Waals surface area contributed by atoms with Gasteiger partial charge < -0.3 is 31.3 Å². The molecular weight excluding hydrogens is 677 g/mol. The molecule has 4 atom stereocenters. The largest absolute Gasteiger partial charge is 0.477 e. The molecule has 3 aromatic rings. The molecule has 48 heavy (non-hydrogen) atoms. The monoisotopic (exact) mass is 706 g/mol. The molecule has 2 aromatic heterocycles. The first-order chi connectivity index (χ1) is 22.8. The molecule has 3 aliphatic rings. The fourth-order valence-corrected chi connectivity index (χ4v) is 8.60. The lowest BCUT2D eigenvalue weighted by Gasteiger charge is -2.43. The second kappa shape index (κ2) is 13.1. The molecule has 1 aromatic carbocycles. The molecule has 0 aliphatic carbocycles. The summed E-state index contributed by atoms with van der Waals surface area (Å²) >= 11 is 2.03. The van der Waals surface area contributed by atoms with Gasteiger partial charge in [0, 0.05) is 55.1 Å². The van der Waals surface area contributed by atoms with Crippen LogP contribution >= 0.6 is 23.5 Å². The molecule has 5 heterocycles. The zero-order valence-corrected chi connectivity index (χ0v) is 26.8. The number of aliphatic carboxylic acids is 1. The smallest absolute Gasteiger partial charge is 0.353 e. The molecule has 254 valence electrons. The Morgan fingerprint density at radius 1 is 1.21 bits per heavy atom. The number of nitrogens with zero attached hydrogens (tertiary/aromatic N) is 4. The number of carbonyl (C=O) groups is 3. The van der Waals surface area contributed by atoms with E-state index >= 15 is 8.78 Å². The zero-order chi connectivity index (χ0) is 34.6. The molecule has 6 rings (SSSR count). The van der Waals surface area contributed by atoms with Crippen molar-refractivity contribution in [3.63, 3.8) is 0 Å². The number of aromatic carboxylic acids is 1. The van der Waals surface area contributed by atoms with Gasteiger partial charge in [-0.15, -0.1) is 23.5 Å². The van der Waals surface area contributed by atoms with Gasteiger partial charge in [-0.1, -0.05) is 0 Å². The number of carboxylic acids is 2. The minimum absolute atomic E-state index is 0.0377. The van der Waals surface area contributed by atoms with E-state index in [9.17, 15) is 38.9 Å². The average Bonchev–Trinajstić information content (AvgIpc) is 3.59. The van der Waals surface area contributed by atoms with Gasteiger partial charge in [-0.25, -0.2) is 27.7 Å². The summed E-state index contributed by atoms with van der Waals surface area (Å²) in [6.07, 6.45) is 0.436. The van der Waals surface area contributed by atoms with Crippen LogP contribution in [-0.2, 0) is 9.59 Å². The van der Waals surface area contributed by atoms with Gasteiger partial charge in [-0.2, -0.15) is 0 Å². The van der Waals surface area contributed by atoms with Crippen molar-refractivity contribution in [3.05, 3.63) is 68.2 Å². The molecule has 18 heteroatoms. The highest BCUT2D eigenvalue weighted by molar-refractivity contribution is 8.04. The zero-order valence-electron chi connectivity index (χ0n) is 25.2. The Labute approximate surface area is 278 Å². The first-order valence-corrected chi connectivity index (χ1v) is 16.6. The van der Waals surface area contributed by atoms with E-state index in [1.165, 1.54) is 6.92 Å². The van der Waals surface area contributed by atoms with Crippen molar-refractivity contribution in [1.82, 2.24) is 19.8 Å². The number of thioether (sulfide) groups is 2. The van der Waals surface area contributed by atoms with E-state index in [0.717, 1.165) is 51.3 Å². The number of hydrogen-bond acceptors (Lipinski definition) is 11. The summed E-state index contributed by atoms with van der Waals surface area (Å²) in [5.41, 5.74) is 3.47. The fourth-order valence-electron chi connectivity index (χ4n) is 6.02. The van der Waals surface area contributed by atoms with Crippen LogP contribution in [0.1, 0.15) is 23.7 Å². The third-order valence-electron chi connectivity index (χ3n) is 8.33. The Balaban J connectivity index is 1.34. The topological polar surface area (TPSA) is 191 Å². The van der Waals surface area contributed by atoms with Gasteiger partial charge in [-0.05, 0) is 25.5 Å². The lowest BCUT2D eigenvalue weighted by Crippen LogP contribution is -2.60. The highest BCUT2D eigenvalue weighted by Crippen LogP contribution is 2.50. The molecule has 13 nitrogen and oxygen atoms in total. The predicted octanol–water partition coefficient (Wildman–Crippen LogP) is 1.93. The molecule has 0 radical (unpaired) electrons. The van der Waals surface area contributed by atoms with Crippen molar-refractivity contribution in [1.29, 1.82) is 0 Å². The van der Waals surface area contributed by atoms with Crippen LogP contribution in [0.3, 0.4) is 0 Å². The van der Waals surface area contributed by atoms with E-state index in [-0.39, 0.29) is 59.2 Å². The van der Waals surface area contributed by atoms with Gasteiger partial charge in [0.15, 0.2) is 17.3 Å². The van der Waals surface area contributed by atoms with Crippen LogP contribution in [0.2, 0.25) is 0 Å². The number of aromatic nitrogens is 2. The van der Waals surface area contributed by atoms with Crippen LogP contribution in [0, 0.1) is 23.4 Å². The molecule has 0 unspecified atom stereocenters. The Kier molecular flexibility index (Phi) is 9.20. The maximum Gasteiger partial charge on any atom is 0.353 e. The number of fused-ring (bicyclic) bond motifs is 2. The number of rotatable bonds is 11. The lowest BCUT2D eigenvalue weighted by atomic mass is 9.92. The number of hydrogen-bond donors (Lipinski definition) is 5. The van der Waals surface area contributed by atoms with Gasteiger partial charge in [0.25, 0.3) is 0 Å². The standard InChI is InChI=1S/C30H29F3N6O7S2/c1-12(40)19-27(42)39-22(30(45)46)18(48-28(19)39)9-35-5-7-47-24-20-23(41)15(29(43)44)11-38(17-3-2-13(31)8-16(17)32)25(20)36-26(21(24)33)37-6-4-14(34)10-37/h2-3,8,11-12,14,19,28,35,40H,4-7,9-10,34H2,1H3,(H,43,44)(H,45,46)/t12-,14+,19+,28-/m1/s1. The third kappa shape index (κ3) is 5.80. The maximum absolute atomic E-state index is 16.3. The van der Waals surface area contributed by atoms with Crippen molar-refractivity contribution in [2.45, 2.75) is 35.8 Å². The molecule has 2 saturated heterocycles. The molecule has 0 saturated carbocycles. The third-order valence-corrected chi connectivity index (χ3v) is 10.8. The molecule has 6 N–H and O–H groups in total. The first kappa shape index (κ1) is 33.8. The Morgan fingerprint density at radius 3 is 2.58 bits per heavy atom. The fraction of sp³-hybridized carbons (Fsp3) is 0.367. The molecule has 2 fully saturated rings. The molecule has 1 amide bonds.